The lowest BCUT2D eigenvalue weighted by atomic mass is 10.2. The number of aromatic nitrogens is 2. The van der Waals surface area contributed by atoms with Crippen LogP contribution in [-0.4, -0.2) is 9.72 Å². The predicted octanol–water partition coefficient (Wildman–Crippen LogP) is 2.72. The fourth-order valence-corrected chi connectivity index (χ4v) is 2.10. The summed E-state index contributed by atoms with van der Waals surface area (Å²) in [6.45, 7) is 2.08. The van der Waals surface area contributed by atoms with E-state index < -0.39 is 0 Å². The number of nitrogen functional groups attached to an aromatic ring is 1. The molecule has 2 heterocycles. The summed E-state index contributed by atoms with van der Waals surface area (Å²) in [6, 6.07) is 10.2. The molecule has 0 fully saturated rings. The Morgan fingerprint density at radius 1 is 1.24 bits per heavy atom. The van der Waals surface area contributed by atoms with E-state index in [9.17, 15) is 0 Å². The van der Waals surface area contributed by atoms with Crippen molar-refractivity contribution >= 4 is 16.8 Å². The summed E-state index contributed by atoms with van der Waals surface area (Å²) in [4.78, 5) is 0. The zero-order valence-electron chi connectivity index (χ0n) is 9.77. The lowest BCUT2D eigenvalue weighted by Crippen LogP contribution is -1.91. The van der Waals surface area contributed by atoms with Gasteiger partial charge in [0.2, 0.25) is 5.88 Å². The van der Waals surface area contributed by atoms with E-state index in [1.54, 1.807) is 6.07 Å². The van der Waals surface area contributed by atoms with Gasteiger partial charge in [-0.05, 0) is 24.6 Å². The molecule has 3 aromatic rings. The zero-order valence-corrected chi connectivity index (χ0v) is 9.77. The van der Waals surface area contributed by atoms with Crippen molar-refractivity contribution in [2.75, 3.05) is 5.73 Å². The first-order chi connectivity index (χ1) is 8.15. The number of hydrogen-bond acceptors (Lipinski definition) is 3. The van der Waals surface area contributed by atoms with Crippen molar-refractivity contribution in [3.05, 3.63) is 35.9 Å². The summed E-state index contributed by atoms with van der Waals surface area (Å²) in [5.41, 5.74) is 9.74. The monoisotopic (exact) mass is 227 g/mol. The molecule has 86 valence electrons. The molecule has 4 heteroatoms. The van der Waals surface area contributed by atoms with Crippen molar-refractivity contribution < 1.29 is 4.52 Å². The van der Waals surface area contributed by atoms with Gasteiger partial charge in [0.25, 0.3) is 0 Å². The Hall–Kier alpha value is -2.23. The van der Waals surface area contributed by atoms with Crippen LogP contribution in [0.3, 0.4) is 0 Å². The van der Waals surface area contributed by atoms with Crippen LogP contribution in [0.1, 0.15) is 5.56 Å². The van der Waals surface area contributed by atoms with Crippen LogP contribution in [0.15, 0.2) is 34.9 Å². The zero-order chi connectivity index (χ0) is 12.0. The highest BCUT2D eigenvalue weighted by Gasteiger charge is 2.11. The second kappa shape index (κ2) is 3.38. The summed E-state index contributed by atoms with van der Waals surface area (Å²) in [7, 11) is 2.02. The van der Waals surface area contributed by atoms with Gasteiger partial charge in [0.05, 0.1) is 5.69 Å². The quantitative estimate of drug-likeness (QED) is 0.695. The molecule has 0 atom stereocenters. The minimum atomic E-state index is 0.335. The number of nitrogens with zero attached hydrogens (tertiary/aromatic N) is 2. The van der Waals surface area contributed by atoms with E-state index in [1.165, 1.54) is 16.5 Å². The number of nitrogens with two attached hydrogens (primary N) is 1. The molecule has 4 nitrogen and oxygen atoms in total. The Kier molecular flexibility index (Phi) is 1.98. The Balaban J connectivity index is 2.27. The molecule has 0 aliphatic carbocycles. The van der Waals surface area contributed by atoms with Gasteiger partial charge in [-0.1, -0.05) is 17.3 Å². The topological polar surface area (TPSA) is 57.0 Å². The molecule has 17 heavy (non-hydrogen) atoms. The van der Waals surface area contributed by atoms with Gasteiger partial charge in [0, 0.05) is 24.0 Å². The average molecular weight is 227 g/mol. The van der Waals surface area contributed by atoms with Gasteiger partial charge in [-0.2, -0.15) is 0 Å². The molecule has 0 aliphatic rings. The van der Waals surface area contributed by atoms with Crippen molar-refractivity contribution in [1.29, 1.82) is 0 Å². The summed E-state index contributed by atoms with van der Waals surface area (Å²) >= 11 is 0. The Morgan fingerprint density at radius 2 is 2.06 bits per heavy atom. The van der Waals surface area contributed by atoms with Crippen LogP contribution >= 0.6 is 0 Å². The highest BCUT2D eigenvalue weighted by atomic mass is 16.5. The molecule has 3 rings (SSSR count). The summed E-state index contributed by atoms with van der Waals surface area (Å²) in [5.74, 6) is 0.335. The number of aryl methyl sites for hydroxylation is 2. The number of fused-ring (bicyclic) bond motifs is 1. The fourth-order valence-electron chi connectivity index (χ4n) is 2.10. The van der Waals surface area contributed by atoms with Crippen LogP contribution in [0.25, 0.3) is 22.3 Å². The molecular weight excluding hydrogens is 214 g/mol. The van der Waals surface area contributed by atoms with E-state index >= 15 is 0 Å². The summed E-state index contributed by atoms with van der Waals surface area (Å²) in [5, 5.41) is 5.13. The van der Waals surface area contributed by atoms with Gasteiger partial charge in [-0.25, -0.2) is 0 Å². The largest absolute Gasteiger partial charge is 0.368 e. The molecule has 0 spiro atoms. The van der Waals surface area contributed by atoms with Crippen LogP contribution in [0.4, 0.5) is 5.88 Å². The molecule has 0 bridgehead atoms. The maximum absolute atomic E-state index is 5.55. The molecule has 0 saturated carbocycles. The van der Waals surface area contributed by atoms with Gasteiger partial charge in [-0.15, -0.1) is 0 Å². The lowest BCUT2D eigenvalue weighted by Gasteiger charge is -2.00. The third kappa shape index (κ3) is 1.49. The Morgan fingerprint density at radius 3 is 2.76 bits per heavy atom. The maximum atomic E-state index is 5.55. The van der Waals surface area contributed by atoms with Gasteiger partial charge < -0.3 is 14.8 Å². The summed E-state index contributed by atoms with van der Waals surface area (Å²) < 4.78 is 7.00. The third-order valence-corrected chi connectivity index (χ3v) is 2.99. The minimum absolute atomic E-state index is 0.335. The molecule has 2 aromatic heterocycles. The second-order valence-corrected chi connectivity index (χ2v) is 4.27. The van der Waals surface area contributed by atoms with E-state index in [4.69, 9.17) is 10.3 Å². The van der Waals surface area contributed by atoms with Gasteiger partial charge in [0.15, 0.2) is 0 Å². The van der Waals surface area contributed by atoms with E-state index in [0.29, 0.717) is 5.88 Å². The van der Waals surface area contributed by atoms with Gasteiger partial charge in [0.1, 0.15) is 5.69 Å². The predicted molar refractivity (Wildman–Crippen MR) is 67.6 cm³/mol. The van der Waals surface area contributed by atoms with Crippen molar-refractivity contribution in [1.82, 2.24) is 9.72 Å². The normalized spacial score (nSPS) is 11.2. The SMILES string of the molecule is Cc1ccc2cc(-c3cc(N)on3)n(C)c2c1. The van der Waals surface area contributed by atoms with Crippen molar-refractivity contribution in [3.8, 4) is 11.4 Å². The third-order valence-electron chi connectivity index (χ3n) is 2.99. The minimum Gasteiger partial charge on any atom is -0.368 e. The molecule has 0 saturated heterocycles. The Labute approximate surface area is 98.6 Å². The van der Waals surface area contributed by atoms with E-state index in [1.807, 2.05) is 7.05 Å². The van der Waals surface area contributed by atoms with Crippen LogP contribution in [0.2, 0.25) is 0 Å². The number of anilines is 1. The molecule has 0 radical (unpaired) electrons. The molecule has 0 aliphatic heterocycles. The molecule has 1 aromatic carbocycles. The van der Waals surface area contributed by atoms with E-state index in [0.717, 1.165) is 11.4 Å². The maximum Gasteiger partial charge on any atom is 0.222 e. The number of hydrogen-bond donors (Lipinski definition) is 1. The fraction of sp³-hybridized carbons (Fsp3) is 0.154. The van der Waals surface area contributed by atoms with E-state index in [2.05, 4.69) is 40.9 Å². The Bertz CT molecular complexity index is 694. The number of benzene rings is 1. The molecule has 0 unspecified atom stereocenters. The van der Waals surface area contributed by atoms with Crippen LogP contribution in [0, 0.1) is 6.92 Å². The average Bonchev–Trinajstić information content (AvgIpc) is 2.84. The van der Waals surface area contributed by atoms with Crippen LogP contribution in [-0.2, 0) is 7.05 Å². The highest BCUT2D eigenvalue weighted by Crippen LogP contribution is 2.27. The van der Waals surface area contributed by atoms with Crippen LogP contribution < -0.4 is 5.73 Å². The van der Waals surface area contributed by atoms with Crippen LogP contribution in [0.5, 0.6) is 0 Å². The highest BCUT2D eigenvalue weighted by molar-refractivity contribution is 5.87. The lowest BCUT2D eigenvalue weighted by molar-refractivity contribution is 0.439. The smallest absolute Gasteiger partial charge is 0.222 e. The van der Waals surface area contributed by atoms with Gasteiger partial charge >= 0.3 is 0 Å². The number of rotatable bonds is 1. The van der Waals surface area contributed by atoms with E-state index in [-0.39, 0.29) is 0 Å². The van der Waals surface area contributed by atoms with Crippen molar-refractivity contribution in [2.45, 2.75) is 6.92 Å². The summed E-state index contributed by atoms with van der Waals surface area (Å²) in [6.07, 6.45) is 0. The standard InChI is InChI=1S/C13H13N3O/c1-8-3-4-9-6-12(16(2)11(9)5-8)10-7-13(14)17-15-10/h3-7H,14H2,1-2H3. The second-order valence-electron chi connectivity index (χ2n) is 4.27. The van der Waals surface area contributed by atoms with Crippen molar-refractivity contribution in [3.63, 3.8) is 0 Å². The molecule has 2 N–H and O–H groups in total. The first-order valence-electron chi connectivity index (χ1n) is 5.44. The van der Waals surface area contributed by atoms with Gasteiger partial charge in [-0.3, -0.25) is 0 Å². The molecular formula is C13H13N3O. The van der Waals surface area contributed by atoms with Crippen molar-refractivity contribution in [2.24, 2.45) is 7.05 Å². The first-order valence-corrected chi connectivity index (χ1v) is 5.44. The first kappa shape index (κ1) is 9.96. The molecule has 0 amide bonds.